The molecule has 1 saturated heterocycles. The number of carbonyl (C=O) groups is 1. The molecule has 32 heavy (non-hydrogen) atoms. The fourth-order valence-corrected chi connectivity index (χ4v) is 4.78. The quantitative estimate of drug-likeness (QED) is 0.543. The van der Waals surface area contributed by atoms with E-state index in [1.165, 1.54) is 12.1 Å². The first kappa shape index (κ1) is 22.4. The molecule has 0 saturated carbocycles. The Bertz CT molecular complexity index is 1110. The monoisotopic (exact) mass is 444 g/mol. The third-order valence-corrected chi connectivity index (χ3v) is 6.10. The van der Waals surface area contributed by atoms with Gasteiger partial charge in [0.05, 0.1) is 17.8 Å². The average Bonchev–Trinajstić information content (AvgIpc) is 3.07. The summed E-state index contributed by atoms with van der Waals surface area (Å²) in [6.45, 7) is 4.67. The number of benzene rings is 2. The molecule has 1 aromatic heterocycles. The predicted molar refractivity (Wildman–Crippen MR) is 117 cm³/mol. The SMILES string of the molecule is CC1CN(C(=O)CC(c2ccccc2C(F)(F)F)c2cn(C)c3ccccc23)CC(C)O1. The fraction of sp³-hybridized carbons (Fsp3) is 0.400. The maximum atomic E-state index is 13.9. The Morgan fingerprint density at radius 3 is 2.34 bits per heavy atom. The maximum absolute atomic E-state index is 13.9. The summed E-state index contributed by atoms with van der Waals surface area (Å²) < 4.78 is 49.4. The Kier molecular flexibility index (Phi) is 6.03. The molecule has 0 spiro atoms. The van der Waals surface area contributed by atoms with E-state index in [-0.39, 0.29) is 30.1 Å². The summed E-state index contributed by atoms with van der Waals surface area (Å²) >= 11 is 0. The zero-order valence-electron chi connectivity index (χ0n) is 18.4. The van der Waals surface area contributed by atoms with Gasteiger partial charge in [0.15, 0.2) is 0 Å². The Labute approximate surface area is 185 Å². The number of hydrogen-bond acceptors (Lipinski definition) is 2. The van der Waals surface area contributed by atoms with Crippen LogP contribution in [0.5, 0.6) is 0 Å². The van der Waals surface area contributed by atoms with Crippen LogP contribution in [0.15, 0.2) is 54.7 Å². The van der Waals surface area contributed by atoms with Gasteiger partial charge in [-0.05, 0) is 37.1 Å². The third kappa shape index (κ3) is 4.39. The van der Waals surface area contributed by atoms with Crippen LogP contribution in [-0.2, 0) is 22.8 Å². The van der Waals surface area contributed by atoms with Gasteiger partial charge in [-0.15, -0.1) is 0 Å². The normalized spacial score (nSPS) is 20.5. The average molecular weight is 444 g/mol. The summed E-state index contributed by atoms with van der Waals surface area (Å²) in [4.78, 5) is 15.0. The molecule has 170 valence electrons. The van der Waals surface area contributed by atoms with Crippen molar-refractivity contribution >= 4 is 16.8 Å². The summed E-state index contributed by atoms with van der Waals surface area (Å²) in [6, 6.07) is 13.2. The topological polar surface area (TPSA) is 34.5 Å². The van der Waals surface area contributed by atoms with E-state index in [4.69, 9.17) is 4.74 Å². The lowest BCUT2D eigenvalue weighted by atomic mass is 9.84. The number of morpholine rings is 1. The minimum absolute atomic E-state index is 0.0411. The van der Waals surface area contributed by atoms with Crippen LogP contribution >= 0.6 is 0 Å². The van der Waals surface area contributed by atoms with Crippen molar-refractivity contribution in [2.24, 2.45) is 7.05 Å². The highest BCUT2D eigenvalue weighted by molar-refractivity contribution is 5.86. The van der Waals surface area contributed by atoms with Crippen molar-refractivity contribution in [2.75, 3.05) is 13.1 Å². The summed E-state index contributed by atoms with van der Waals surface area (Å²) in [5.74, 6) is -0.887. The summed E-state index contributed by atoms with van der Waals surface area (Å²) in [5.41, 5.74) is 1.06. The van der Waals surface area contributed by atoms with E-state index in [9.17, 15) is 18.0 Å². The van der Waals surface area contributed by atoms with E-state index in [2.05, 4.69) is 0 Å². The number of alkyl halides is 3. The predicted octanol–water partition coefficient (Wildman–Crippen LogP) is 5.35. The van der Waals surface area contributed by atoms with Crippen molar-refractivity contribution in [3.63, 3.8) is 0 Å². The second-order valence-corrected chi connectivity index (χ2v) is 8.61. The van der Waals surface area contributed by atoms with Gasteiger partial charge in [-0.1, -0.05) is 36.4 Å². The molecule has 1 fully saturated rings. The second-order valence-electron chi connectivity index (χ2n) is 8.61. The molecule has 0 aliphatic carbocycles. The van der Waals surface area contributed by atoms with Crippen LogP contribution in [0.1, 0.15) is 42.9 Å². The van der Waals surface area contributed by atoms with E-state index < -0.39 is 17.7 Å². The van der Waals surface area contributed by atoms with Gasteiger partial charge in [-0.2, -0.15) is 13.2 Å². The number of para-hydroxylation sites is 1. The molecule has 4 nitrogen and oxygen atoms in total. The smallest absolute Gasteiger partial charge is 0.372 e. The number of hydrogen-bond donors (Lipinski definition) is 0. The van der Waals surface area contributed by atoms with Crippen LogP contribution < -0.4 is 0 Å². The van der Waals surface area contributed by atoms with E-state index in [1.54, 1.807) is 11.0 Å². The van der Waals surface area contributed by atoms with Crippen molar-refractivity contribution in [2.45, 2.75) is 44.6 Å². The van der Waals surface area contributed by atoms with Crippen molar-refractivity contribution in [3.8, 4) is 0 Å². The first-order valence-electron chi connectivity index (χ1n) is 10.8. The largest absolute Gasteiger partial charge is 0.416 e. The highest BCUT2D eigenvalue weighted by Gasteiger charge is 2.37. The molecule has 3 aromatic rings. The van der Waals surface area contributed by atoms with Crippen LogP contribution in [0.4, 0.5) is 13.2 Å². The Balaban J connectivity index is 1.80. The lowest BCUT2D eigenvalue weighted by Gasteiger charge is -2.36. The van der Waals surface area contributed by atoms with Crippen LogP contribution in [0, 0.1) is 0 Å². The molecule has 0 bridgehead atoms. The second kappa shape index (κ2) is 8.62. The maximum Gasteiger partial charge on any atom is 0.416 e. The minimum atomic E-state index is -4.51. The van der Waals surface area contributed by atoms with Crippen LogP contribution in [0.3, 0.4) is 0 Å². The Morgan fingerprint density at radius 1 is 1.03 bits per heavy atom. The van der Waals surface area contributed by atoms with E-state index in [0.717, 1.165) is 22.5 Å². The van der Waals surface area contributed by atoms with Gasteiger partial charge in [0.25, 0.3) is 0 Å². The first-order valence-corrected chi connectivity index (χ1v) is 10.8. The number of nitrogens with zero attached hydrogens (tertiary/aromatic N) is 2. The molecular formula is C25H27F3N2O2. The molecule has 0 radical (unpaired) electrons. The van der Waals surface area contributed by atoms with Crippen molar-refractivity contribution in [1.82, 2.24) is 9.47 Å². The molecule has 3 atom stereocenters. The molecular weight excluding hydrogens is 417 g/mol. The van der Waals surface area contributed by atoms with Gasteiger partial charge in [-0.3, -0.25) is 4.79 Å². The Morgan fingerprint density at radius 2 is 1.66 bits per heavy atom. The minimum Gasteiger partial charge on any atom is -0.372 e. The zero-order valence-corrected chi connectivity index (χ0v) is 18.4. The van der Waals surface area contributed by atoms with Crippen molar-refractivity contribution in [1.29, 1.82) is 0 Å². The van der Waals surface area contributed by atoms with Crippen LogP contribution in [-0.4, -0.2) is 40.7 Å². The van der Waals surface area contributed by atoms with Gasteiger partial charge in [-0.25, -0.2) is 0 Å². The lowest BCUT2D eigenvalue weighted by molar-refractivity contribution is -0.144. The number of rotatable bonds is 4. The first-order chi connectivity index (χ1) is 15.1. The molecule has 2 aromatic carbocycles. The summed E-state index contributed by atoms with van der Waals surface area (Å²) in [7, 11) is 1.87. The molecule has 1 aliphatic rings. The highest BCUT2D eigenvalue weighted by atomic mass is 19.4. The van der Waals surface area contributed by atoms with Gasteiger partial charge in [0, 0.05) is 49.6 Å². The highest BCUT2D eigenvalue weighted by Crippen LogP contribution is 2.41. The molecule has 0 N–H and O–H groups in total. The number of halogens is 3. The summed E-state index contributed by atoms with van der Waals surface area (Å²) in [5, 5.41) is 0.855. The fourth-order valence-electron chi connectivity index (χ4n) is 4.78. The molecule has 3 unspecified atom stereocenters. The number of aromatic nitrogens is 1. The molecule has 1 aliphatic heterocycles. The van der Waals surface area contributed by atoms with Crippen LogP contribution in [0.25, 0.3) is 10.9 Å². The Hall–Kier alpha value is -2.80. The molecule has 4 rings (SSSR count). The van der Waals surface area contributed by atoms with Crippen LogP contribution in [0.2, 0.25) is 0 Å². The molecule has 7 heteroatoms. The molecule has 2 heterocycles. The van der Waals surface area contributed by atoms with Crippen molar-refractivity contribution < 1.29 is 22.7 Å². The van der Waals surface area contributed by atoms with Gasteiger partial charge < -0.3 is 14.2 Å². The standard InChI is InChI=1S/C25H27F3N2O2/c1-16-13-30(14-17(2)32-16)24(31)12-20(18-8-4-6-10-22(18)25(26,27)28)21-15-29(3)23-11-7-5-9-19(21)23/h4-11,15-17,20H,12-14H2,1-3H3. The van der Waals surface area contributed by atoms with Gasteiger partial charge >= 0.3 is 6.18 Å². The van der Waals surface area contributed by atoms with Gasteiger partial charge in [0.1, 0.15) is 0 Å². The third-order valence-electron chi connectivity index (χ3n) is 6.10. The van der Waals surface area contributed by atoms with E-state index >= 15 is 0 Å². The lowest BCUT2D eigenvalue weighted by Crippen LogP contribution is -2.48. The van der Waals surface area contributed by atoms with E-state index in [0.29, 0.717) is 13.1 Å². The number of ether oxygens (including phenoxy) is 1. The van der Waals surface area contributed by atoms with Gasteiger partial charge in [0.2, 0.25) is 5.91 Å². The number of carbonyl (C=O) groups excluding carboxylic acids is 1. The number of amides is 1. The summed E-state index contributed by atoms with van der Waals surface area (Å²) in [6.07, 6.45) is -2.92. The number of fused-ring (bicyclic) bond motifs is 1. The number of aryl methyl sites for hydroxylation is 1. The van der Waals surface area contributed by atoms with Crippen molar-refractivity contribution in [3.05, 3.63) is 71.4 Å². The van der Waals surface area contributed by atoms with E-state index in [1.807, 2.05) is 55.9 Å². The molecule has 1 amide bonds. The zero-order chi connectivity index (χ0) is 23.0.